The molecule has 0 spiro atoms. The minimum Gasteiger partial charge on any atom is -0.397 e. The standard InChI is InChI=1S/C13H11BrN6S/c14-6-1-2-9-7(3-6)12(8(15)5-18-9)21-13-19-10(16)4-11(17)20-13/h1-5H,15H2,(H4,16,17,19,20). The van der Waals surface area contributed by atoms with Crippen molar-refractivity contribution < 1.29 is 0 Å². The molecule has 0 atom stereocenters. The molecule has 3 aromatic rings. The van der Waals surface area contributed by atoms with Crippen molar-refractivity contribution in [3.8, 4) is 0 Å². The molecule has 0 saturated heterocycles. The highest BCUT2D eigenvalue weighted by atomic mass is 79.9. The Morgan fingerprint density at radius 1 is 1.00 bits per heavy atom. The van der Waals surface area contributed by atoms with Crippen LogP contribution in [0.1, 0.15) is 0 Å². The summed E-state index contributed by atoms with van der Waals surface area (Å²) in [6, 6.07) is 7.30. The number of hydrogen-bond donors (Lipinski definition) is 3. The van der Waals surface area contributed by atoms with Crippen LogP contribution in [-0.4, -0.2) is 15.0 Å². The fraction of sp³-hybridized carbons (Fsp3) is 0. The number of nitrogens with two attached hydrogens (primary N) is 3. The molecule has 3 rings (SSSR count). The van der Waals surface area contributed by atoms with Gasteiger partial charge in [0.1, 0.15) is 11.6 Å². The first kappa shape index (κ1) is 13.9. The van der Waals surface area contributed by atoms with Crippen molar-refractivity contribution in [2.75, 3.05) is 17.2 Å². The Bertz CT molecular complexity index is 813. The van der Waals surface area contributed by atoms with E-state index in [1.165, 1.54) is 17.8 Å². The molecule has 0 fully saturated rings. The first-order chi connectivity index (χ1) is 10.0. The molecular formula is C13H11BrN6S. The van der Waals surface area contributed by atoms with Crippen LogP contribution in [0.5, 0.6) is 0 Å². The van der Waals surface area contributed by atoms with E-state index < -0.39 is 0 Å². The molecule has 2 aromatic heterocycles. The molecule has 1 aromatic carbocycles. The number of nitrogens with zero attached hydrogens (tertiary/aromatic N) is 3. The van der Waals surface area contributed by atoms with Crippen LogP contribution >= 0.6 is 27.7 Å². The van der Waals surface area contributed by atoms with E-state index in [0.29, 0.717) is 22.5 Å². The monoisotopic (exact) mass is 362 g/mol. The predicted molar refractivity (Wildman–Crippen MR) is 88.8 cm³/mol. The zero-order valence-electron chi connectivity index (χ0n) is 10.7. The van der Waals surface area contributed by atoms with Gasteiger partial charge in [0, 0.05) is 20.8 Å². The van der Waals surface area contributed by atoms with E-state index in [4.69, 9.17) is 17.2 Å². The predicted octanol–water partition coefficient (Wildman–Crippen LogP) is 2.69. The van der Waals surface area contributed by atoms with Gasteiger partial charge in [-0.2, -0.15) is 0 Å². The topological polar surface area (TPSA) is 117 Å². The lowest BCUT2D eigenvalue weighted by molar-refractivity contribution is 0.985. The van der Waals surface area contributed by atoms with Crippen molar-refractivity contribution in [1.29, 1.82) is 0 Å². The normalized spacial score (nSPS) is 10.9. The number of rotatable bonds is 2. The second kappa shape index (κ2) is 5.38. The van der Waals surface area contributed by atoms with Gasteiger partial charge in [-0.25, -0.2) is 9.97 Å². The molecule has 0 aliphatic rings. The summed E-state index contributed by atoms with van der Waals surface area (Å²) in [7, 11) is 0. The Hall–Kier alpha value is -2.06. The maximum Gasteiger partial charge on any atom is 0.196 e. The second-order valence-electron chi connectivity index (χ2n) is 4.31. The fourth-order valence-corrected chi connectivity index (χ4v) is 3.16. The molecular weight excluding hydrogens is 352 g/mol. The molecule has 0 aliphatic carbocycles. The third-order valence-electron chi connectivity index (χ3n) is 2.75. The van der Waals surface area contributed by atoms with Crippen molar-refractivity contribution in [2.45, 2.75) is 10.1 Å². The van der Waals surface area contributed by atoms with Gasteiger partial charge in [-0.05, 0) is 30.0 Å². The van der Waals surface area contributed by atoms with Gasteiger partial charge in [0.25, 0.3) is 0 Å². The zero-order chi connectivity index (χ0) is 15.0. The molecule has 0 saturated carbocycles. The van der Waals surface area contributed by atoms with Crippen LogP contribution in [0, 0.1) is 0 Å². The summed E-state index contributed by atoms with van der Waals surface area (Å²) in [6.45, 7) is 0. The third-order valence-corrected chi connectivity index (χ3v) is 4.26. The zero-order valence-corrected chi connectivity index (χ0v) is 13.1. The van der Waals surface area contributed by atoms with E-state index in [2.05, 4.69) is 30.9 Å². The highest BCUT2D eigenvalue weighted by Gasteiger charge is 2.11. The van der Waals surface area contributed by atoms with Crippen LogP contribution in [0.4, 0.5) is 17.3 Å². The summed E-state index contributed by atoms with van der Waals surface area (Å²) < 4.78 is 0.942. The molecule has 0 amide bonds. The van der Waals surface area contributed by atoms with Crippen molar-refractivity contribution in [1.82, 2.24) is 15.0 Å². The number of aromatic nitrogens is 3. The number of nitrogen functional groups attached to an aromatic ring is 3. The first-order valence-electron chi connectivity index (χ1n) is 5.94. The van der Waals surface area contributed by atoms with Gasteiger partial charge in [-0.3, -0.25) is 4.98 Å². The van der Waals surface area contributed by atoms with Crippen molar-refractivity contribution in [2.24, 2.45) is 0 Å². The van der Waals surface area contributed by atoms with E-state index in [1.807, 2.05) is 18.2 Å². The lowest BCUT2D eigenvalue weighted by Gasteiger charge is -2.09. The Morgan fingerprint density at radius 2 is 1.71 bits per heavy atom. The first-order valence-corrected chi connectivity index (χ1v) is 7.55. The number of hydrogen-bond acceptors (Lipinski definition) is 7. The fourth-order valence-electron chi connectivity index (χ4n) is 1.87. The summed E-state index contributed by atoms with van der Waals surface area (Å²) in [5.74, 6) is 0.645. The molecule has 6 N–H and O–H groups in total. The van der Waals surface area contributed by atoms with Crippen LogP contribution in [-0.2, 0) is 0 Å². The SMILES string of the molecule is Nc1cc(N)nc(Sc2c(N)cnc3ccc(Br)cc23)n1. The number of anilines is 3. The second-order valence-corrected chi connectivity index (χ2v) is 6.20. The maximum absolute atomic E-state index is 6.04. The Labute approximate surface area is 133 Å². The van der Waals surface area contributed by atoms with Gasteiger partial charge in [0.2, 0.25) is 0 Å². The van der Waals surface area contributed by atoms with Crippen LogP contribution in [0.3, 0.4) is 0 Å². The summed E-state index contributed by atoms with van der Waals surface area (Å²) in [5, 5.41) is 1.37. The van der Waals surface area contributed by atoms with Crippen LogP contribution < -0.4 is 17.2 Å². The van der Waals surface area contributed by atoms with E-state index in [-0.39, 0.29) is 0 Å². The van der Waals surface area contributed by atoms with Crippen LogP contribution in [0.15, 0.2) is 45.0 Å². The highest BCUT2D eigenvalue weighted by molar-refractivity contribution is 9.10. The lowest BCUT2D eigenvalue weighted by Crippen LogP contribution is -2.00. The van der Waals surface area contributed by atoms with Gasteiger partial charge in [0.15, 0.2) is 5.16 Å². The largest absolute Gasteiger partial charge is 0.397 e. The van der Waals surface area contributed by atoms with Gasteiger partial charge in [0.05, 0.1) is 17.4 Å². The molecule has 0 unspecified atom stereocenters. The average molecular weight is 363 g/mol. The van der Waals surface area contributed by atoms with Crippen molar-refractivity contribution >= 4 is 55.9 Å². The summed E-state index contributed by atoms with van der Waals surface area (Å²) in [6.07, 6.45) is 1.62. The summed E-state index contributed by atoms with van der Waals surface area (Å²) in [4.78, 5) is 13.5. The summed E-state index contributed by atoms with van der Waals surface area (Å²) in [5.41, 5.74) is 18.8. The maximum atomic E-state index is 6.04. The van der Waals surface area contributed by atoms with Gasteiger partial charge in [-0.1, -0.05) is 15.9 Å². The number of fused-ring (bicyclic) bond motifs is 1. The Morgan fingerprint density at radius 3 is 2.43 bits per heavy atom. The molecule has 6 nitrogen and oxygen atoms in total. The van der Waals surface area contributed by atoms with Gasteiger partial charge in [-0.15, -0.1) is 0 Å². The Kier molecular flexibility index (Phi) is 3.56. The third kappa shape index (κ3) is 2.86. The highest BCUT2D eigenvalue weighted by Crippen LogP contribution is 2.36. The molecule has 21 heavy (non-hydrogen) atoms. The van der Waals surface area contributed by atoms with E-state index >= 15 is 0 Å². The number of pyridine rings is 1. The smallest absolute Gasteiger partial charge is 0.196 e. The average Bonchev–Trinajstić information content (AvgIpc) is 2.41. The molecule has 0 aliphatic heterocycles. The molecule has 2 heterocycles. The van der Waals surface area contributed by atoms with E-state index in [0.717, 1.165) is 20.3 Å². The number of halogens is 1. The van der Waals surface area contributed by atoms with Crippen LogP contribution in [0.2, 0.25) is 0 Å². The lowest BCUT2D eigenvalue weighted by atomic mass is 10.2. The minimum atomic E-state index is 0.322. The van der Waals surface area contributed by atoms with Crippen molar-refractivity contribution in [3.05, 3.63) is 34.9 Å². The van der Waals surface area contributed by atoms with Crippen LogP contribution in [0.25, 0.3) is 10.9 Å². The molecule has 0 radical (unpaired) electrons. The Balaban J connectivity index is 2.15. The van der Waals surface area contributed by atoms with Gasteiger partial charge >= 0.3 is 0 Å². The molecule has 106 valence electrons. The molecule has 0 bridgehead atoms. The van der Waals surface area contributed by atoms with Gasteiger partial charge < -0.3 is 17.2 Å². The van der Waals surface area contributed by atoms with E-state index in [9.17, 15) is 0 Å². The van der Waals surface area contributed by atoms with Crippen molar-refractivity contribution in [3.63, 3.8) is 0 Å². The number of benzene rings is 1. The quantitative estimate of drug-likeness (QED) is 0.599. The summed E-state index contributed by atoms with van der Waals surface area (Å²) >= 11 is 4.76. The minimum absolute atomic E-state index is 0.322. The molecule has 8 heteroatoms. The van der Waals surface area contributed by atoms with E-state index in [1.54, 1.807) is 6.20 Å².